The van der Waals surface area contributed by atoms with Gasteiger partial charge in [-0.25, -0.2) is 14.1 Å². The van der Waals surface area contributed by atoms with E-state index in [4.69, 9.17) is 0 Å². The Morgan fingerprint density at radius 2 is 2.29 bits per heavy atom. The summed E-state index contributed by atoms with van der Waals surface area (Å²) in [4.78, 5) is 3.80. The Kier molecular flexibility index (Phi) is 2.26. The molecule has 2 aromatic rings. The fraction of sp³-hybridized carbons (Fsp3) is 0.200. The number of aryl methyl sites for hydroxylation is 1. The first-order valence-electron chi connectivity index (χ1n) is 4.44. The topological polar surface area (TPSA) is 30.7 Å². The Morgan fingerprint density at radius 3 is 2.86 bits per heavy atom. The highest BCUT2D eigenvalue weighted by Crippen LogP contribution is 2.13. The maximum absolute atomic E-state index is 13.4. The number of rotatable bonds is 2. The molecule has 1 aromatic heterocycles. The SMILES string of the molecule is CCc1ccc(-n2cncn2)cc1F. The molecule has 0 radical (unpaired) electrons. The summed E-state index contributed by atoms with van der Waals surface area (Å²) in [6, 6.07) is 5.07. The Balaban J connectivity index is 2.43. The molecule has 0 atom stereocenters. The first-order valence-corrected chi connectivity index (χ1v) is 4.44. The van der Waals surface area contributed by atoms with Gasteiger partial charge in [-0.3, -0.25) is 0 Å². The third-order valence-electron chi connectivity index (χ3n) is 2.10. The third kappa shape index (κ3) is 1.51. The first-order chi connectivity index (χ1) is 6.81. The van der Waals surface area contributed by atoms with Gasteiger partial charge in [0.15, 0.2) is 0 Å². The van der Waals surface area contributed by atoms with Crippen molar-refractivity contribution in [3.63, 3.8) is 0 Å². The van der Waals surface area contributed by atoms with Crippen LogP contribution >= 0.6 is 0 Å². The maximum Gasteiger partial charge on any atom is 0.138 e. The van der Waals surface area contributed by atoms with E-state index in [1.165, 1.54) is 17.1 Å². The lowest BCUT2D eigenvalue weighted by molar-refractivity contribution is 0.610. The lowest BCUT2D eigenvalue weighted by atomic mass is 10.1. The molecule has 1 heterocycles. The number of hydrogen-bond acceptors (Lipinski definition) is 2. The van der Waals surface area contributed by atoms with Crippen LogP contribution in [0.5, 0.6) is 0 Å². The first kappa shape index (κ1) is 8.87. The van der Waals surface area contributed by atoms with Gasteiger partial charge in [0.1, 0.15) is 18.5 Å². The van der Waals surface area contributed by atoms with E-state index < -0.39 is 0 Å². The van der Waals surface area contributed by atoms with Crippen molar-refractivity contribution in [1.82, 2.24) is 14.8 Å². The number of nitrogens with zero attached hydrogens (tertiary/aromatic N) is 3. The fourth-order valence-electron chi connectivity index (χ4n) is 1.31. The van der Waals surface area contributed by atoms with Crippen LogP contribution in [0.3, 0.4) is 0 Å². The van der Waals surface area contributed by atoms with Crippen molar-refractivity contribution in [2.75, 3.05) is 0 Å². The van der Waals surface area contributed by atoms with Crippen LogP contribution in [0.1, 0.15) is 12.5 Å². The lowest BCUT2D eigenvalue weighted by Gasteiger charge is -2.03. The molecule has 0 amide bonds. The summed E-state index contributed by atoms with van der Waals surface area (Å²) in [6.07, 6.45) is 3.66. The molecular weight excluding hydrogens is 181 g/mol. The zero-order valence-electron chi connectivity index (χ0n) is 7.81. The van der Waals surface area contributed by atoms with E-state index in [0.29, 0.717) is 17.7 Å². The van der Waals surface area contributed by atoms with Gasteiger partial charge < -0.3 is 0 Å². The molecule has 72 valence electrons. The Hall–Kier alpha value is -1.71. The molecule has 1 aromatic carbocycles. The molecule has 0 aliphatic heterocycles. The number of benzene rings is 1. The largest absolute Gasteiger partial charge is 0.223 e. The van der Waals surface area contributed by atoms with Gasteiger partial charge in [0.25, 0.3) is 0 Å². The average molecular weight is 191 g/mol. The molecule has 0 aliphatic carbocycles. The molecule has 4 heteroatoms. The van der Waals surface area contributed by atoms with Crippen LogP contribution in [0.4, 0.5) is 4.39 Å². The van der Waals surface area contributed by atoms with E-state index >= 15 is 0 Å². The summed E-state index contributed by atoms with van der Waals surface area (Å²) in [7, 11) is 0. The zero-order valence-corrected chi connectivity index (χ0v) is 7.81. The Labute approximate surface area is 81.2 Å². The van der Waals surface area contributed by atoms with E-state index in [2.05, 4.69) is 10.1 Å². The summed E-state index contributed by atoms with van der Waals surface area (Å²) in [5.41, 5.74) is 1.41. The highest BCUT2D eigenvalue weighted by atomic mass is 19.1. The van der Waals surface area contributed by atoms with Crippen LogP contribution in [-0.2, 0) is 6.42 Å². The van der Waals surface area contributed by atoms with E-state index in [9.17, 15) is 4.39 Å². The maximum atomic E-state index is 13.4. The normalized spacial score (nSPS) is 10.4. The monoisotopic (exact) mass is 191 g/mol. The van der Waals surface area contributed by atoms with Crippen LogP contribution in [0.2, 0.25) is 0 Å². The van der Waals surface area contributed by atoms with Gasteiger partial charge in [0.2, 0.25) is 0 Å². The quantitative estimate of drug-likeness (QED) is 0.726. The minimum atomic E-state index is -0.194. The molecule has 2 rings (SSSR count). The standard InChI is InChI=1S/C10H10FN3/c1-2-8-3-4-9(5-10(8)11)14-7-12-6-13-14/h3-7H,2H2,1H3. The summed E-state index contributed by atoms with van der Waals surface area (Å²) >= 11 is 0. The summed E-state index contributed by atoms with van der Waals surface area (Å²) in [5, 5.41) is 3.92. The van der Waals surface area contributed by atoms with Gasteiger partial charge in [-0.05, 0) is 24.1 Å². The molecule has 0 spiro atoms. The Bertz CT molecular complexity index is 423. The van der Waals surface area contributed by atoms with Crippen molar-refractivity contribution in [2.24, 2.45) is 0 Å². The van der Waals surface area contributed by atoms with Crippen molar-refractivity contribution in [3.8, 4) is 5.69 Å². The van der Waals surface area contributed by atoms with E-state index in [0.717, 1.165) is 0 Å². The van der Waals surface area contributed by atoms with Crippen LogP contribution in [0.15, 0.2) is 30.9 Å². The van der Waals surface area contributed by atoms with Crippen molar-refractivity contribution < 1.29 is 4.39 Å². The second-order valence-corrected chi connectivity index (χ2v) is 2.97. The second kappa shape index (κ2) is 3.57. The molecule has 3 nitrogen and oxygen atoms in total. The number of aromatic nitrogens is 3. The molecule has 14 heavy (non-hydrogen) atoms. The van der Waals surface area contributed by atoms with Crippen molar-refractivity contribution in [3.05, 3.63) is 42.2 Å². The van der Waals surface area contributed by atoms with Gasteiger partial charge in [-0.1, -0.05) is 13.0 Å². The predicted octanol–water partition coefficient (Wildman–Crippen LogP) is 1.97. The number of hydrogen-bond donors (Lipinski definition) is 0. The average Bonchev–Trinajstić information content (AvgIpc) is 2.70. The van der Waals surface area contributed by atoms with Crippen LogP contribution in [0.25, 0.3) is 5.69 Å². The van der Waals surface area contributed by atoms with Gasteiger partial charge in [-0.15, -0.1) is 0 Å². The van der Waals surface area contributed by atoms with Gasteiger partial charge in [-0.2, -0.15) is 5.10 Å². The highest BCUT2D eigenvalue weighted by Gasteiger charge is 2.02. The van der Waals surface area contributed by atoms with Crippen molar-refractivity contribution >= 4 is 0 Å². The summed E-state index contributed by atoms with van der Waals surface area (Å²) in [5.74, 6) is -0.194. The second-order valence-electron chi connectivity index (χ2n) is 2.97. The van der Waals surface area contributed by atoms with Crippen LogP contribution < -0.4 is 0 Å². The smallest absolute Gasteiger partial charge is 0.138 e. The molecule has 0 saturated carbocycles. The predicted molar refractivity (Wildman–Crippen MR) is 50.7 cm³/mol. The summed E-state index contributed by atoms with van der Waals surface area (Å²) in [6.45, 7) is 1.92. The highest BCUT2D eigenvalue weighted by molar-refractivity contribution is 5.34. The number of halogens is 1. The van der Waals surface area contributed by atoms with Crippen molar-refractivity contribution in [2.45, 2.75) is 13.3 Å². The van der Waals surface area contributed by atoms with Crippen LogP contribution in [0, 0.1) is 5.82 Å². The Morgan fingerprint density at radius 1 is 1.43 bits per heavy atom. The van der Waals surface area contributed by atoms with E-state index in [-0.39, 0.29) is 5.82 Å². The molecule has 0 saturated heterocycles. The molecule has 0 unspecified atom stereocenters. The van der Waals surface area contributed by atoms with Gasteiger partial charge in [0, 0.05) is 0 Å². The van der Waals surface area contributed by atoms with Gasteiger partial charge >= 0.3 is 0 Å². The molecular formula is C10H10FN3. The molecule has 0 aliphatic rings. The summed E-state index contributed by atoms with van der Waals surface area (Å²) < 4.78 is 14.9. The molecule has 0 N–H and O–H groups in total. The third-order valence-corrected chi connectivity index (χ3v) is 2.10. The van der Waals surface area contributed by atoms with E-state index in [1.807, 2.05) is 13.0 Å². The van der Waals surface area contributed by atoms with Gasteiger partial charge in [0.05, 0.1) is 5.69 Å². The van der Waals surface area contributed by atoms with Crippen molar-refractivity contribution in [1.29, 1.82) is 0 Å². The molecule has 0 fully saturated rings. The van der Waals surface area contributed by atoms with E-state index in [1.54, 1.807) is 12.4 Å². The zero-order chi connectivity index (χ0) is 9.97. The minimum absolute atomic E-state index is 0.194. The fourth-order valence-corrected chi connectivity index (χ4v) is 1.31. The van der Waals surface area contributed by atoms with Crippen LogP contribution in [-0.4, -0.2) is 14.8 Å². The lowest BCUT2D eigenvalue weighted by Crippen LogP contribution is -1.97. The molecule has 0 bridgehead atoms. The minimum Gasteiger partial charge on any atom is -0.223 e.